The number of rotatable bonds is 6. The number of nitrogens with zero attached hydrogens (tertiary/aromatic N) is 1. The fourth-order valence-electron chi connectivity index (χ4n) is 2.02. The van der Waals surface area contributed by atoms with E-state index in [9.17, 15) is 4.79 Å². The van der Waals surface area contributed by atoms with Crippen molar-refractivity contribution in [3.63, 3.8) is 0 Å². The summed E-state index contributed by atoms with van der Waals surface area (Å²) in [5.74, 6) is 6.79. The Hall–Kier alpha value is -2.01. The van der Waals surface area contributed by atoms with E-state index in [1.807, 2.05) is 48.5 Å². The molecule has 26 heavy (non-hydrogen) atoms. The summed E-state index contributed by atoms with van der Waals surface area (Å²) in [6.45, 7) is 0.591. The summed E-state index contributed by atoms with van der Waals surface area (Å²) >= 11 is 6.42. The Labute approximate surface area is 168 Å². The van der Waals surface area contributed by atoms with Crippen LogP contribution in [0, 0.1) is 11.8 Å². The first-order valence-corrected chi connectivity index (χ1v) is 10.4. The van der Waals surface area contributed by atoms with Crippen LogP contribution in [0.25, 0.3) is 10.2 Å². The van der Waals surface area contributed by atoms with Crippen LogP contribution in [0.1, 0.15) is 0 Å². The zero-order valence-corrected chi connectivity index (χ0v) is 16.9. The molecule has 1 aromatic heterocycles. The van der Waals surface area contributed by atoms with Gasteiger partial charge in [0.15, 0.2) is 4.34 Å². The maximum Gasteiger partial charge on any atom is 0.231 e. The van der Waals surface area contributed by atoms with Crippen molar-refractivity contribution in [2.45, 2.75) is 4.34 Å². The van der Waals surface area contributed by atoms with Crippen LogP contribution in [0.4, 0.5) is 0 Å². The van der Waals surface area contributed by atoms with Crippen LogP contribution >= 0.6 is 39.0 Å². The lowest BCUT2D eigenvalue weighted by Gasteiger charge is -2.01. The average molecular weight is 447 g/mol. The molecule has 0 atom stereocenters. The van der Waals surface area contributed by atoms with Gasteiger partial charge in [-0.15, -0.1) is 11.3 Å². The molecule has 0 aliphatic rings. The molecule has 4 nitrogen and oxygen atoms in total. The van der Waals surface area contributed by atoms with Gasteiger partial charge in [0.25, 0.3) is 0 Å². The van der Waals surface area contributed by atoms with Gasteiger partial charge in [0, 0.05) is 4.47 Å². The van der Waals surface area contributed by atoms with Crippen LogP contribution in [0.15, 0.2) is 57.3 Å². The maximum atomic E-state index is 11.9. The molecule has 1 heterocycles. The number of nitrogens with one attached hydrogen (secondary N) is 1. The van der Waals surface area contributed by atoms with Crippen molar-refractivity contribution >= 4 is 55.2 Å². The molecule has 0 aliphatic heterocycles. The zero-order chi connectivity index (χ0) is 18.2. The number of carbonyl (C=O) groups excluding carboxylic acids is 1. The fraction of sp³-hybridized carbons (Fsp3) is 0.158. The standard InChI is InChI=1S/C19H15BrN2O2S2/c20-14-6-5-7-15(12-14)24-11-4-3-10-21-18(23)13-25-19-22-16-8-1-2-9-17(16)26-19/h1-2,5-9,12H,10-11,13H2,(H,21,23). The predicted octanol–water partition coefficient (Wildman–Crippen LogP) is 4.35. The highest BCUT2D eigenvalue weighted by molar-refractivity contribution is 9.10. The average Bonchev–Trinajstić information content (AvgIpc) is 3.06. The Balaban J connectivity index is 1.35. The van der Waals surface area contributed by atoms with Crippen molar-refractivity contribution in [2.24, 2.45) is 0 Å². The van der Waals surface area contributed by atoms with E-state index in [4.69, 9.17) is 4.74 Å². The Morgan fingerprint density at radius 1 is 1.23 bits per heavy atom. The smallest absolute Gasteiger partial charge is 0.231 e. The van der Waals surface area contributed by atoms with E-state index < -0.39 is 0 Å². The molecule has 3 aromatic rings. The molecule has 1 amide bonds. The number of para-hydroxylation sites is 1. The van der Waals surface area contributed by atoms with Crippen LogP contribution in [0.2, 0.25) is 0 Å². The molecular formula is C19H15BrN2O2S2. The number of benzene rings is 2. The quantitative estimate of drug-likeness (QED) is 0.451. The number of fused-ring (bicyclic) bond motifs is 1. The third-order valence-electron chi connectivity index (χ3n) is 3.21. The second-order valence-electron chi connectivity index (χ2n) is 5.11. The van der Waals surface area contributed by atoms with Crippen LogP contribution in [0.5, 0.6) is 5.75 Å². The van der Waals surface area contributed by atoms with Gasteiger partial charge < -0.3 is 10.1 Å². The van der Waals surface area contributed by atoms with Gasteiger partial charge in [-0.25, -0.2) is 4.98 Å². The maximum absolute atomic E-state index is 11.9. The van der Waals surface area contributed by atoms with E-state index in [-0.39, 0.29) is 12.5 Å². The summed E-state index contributed by atoms with van der Waals surface area (Å²) in [5, 5.41) is 2.77. The summed E-state index contributed by atoms with van der Waals surface area (Å²) < 4.78 is 8.49. The number of halogens is 1. The van der Waals surface area contributed by atoms with Crippen LogP contribution in [-0.2, 0) is 4.79 Å². The molecule has 0 spiro atoms. The number of thiazole rings is 1. The molecule has 0 fully saturated rings. The Kier molecular flexibility index (Phi) is 6.95. The van der Waals surface area contributed by atoms with E-state index in [2.05, 4.69) is 38.1 Å². The predicted molar refractivity (Wildman–Crippen MR) is 111 cm³/mol. The van der Waals surface area contributed by atoms with E-state index in [0.717, 1.165) is 24.8 Å². The lowest BCUT2D eigenvalue weighted by molar-refractivity contribution is -0.118. The van der Waals surface area contributed by atoms with Gasteiger partial charge in [-0.2, -0.15) is 0 Å². The Morgan fingerprint density at radius 2 is 2.12 bits per heavy atom. The molecule has 1 N–H and O–H groups in total. The normalized spacial score (nSPS) is 10.2. The van der Waals surface area contributed by atoms with E-state index in [0.29, 0.717) is 12.3 Å². The summed E-state index contributed by atoms with van der Waals surface area (Å²) in [4.78, 5) is 16.4. The van der Waals surface area contributed by atoms with Crippen LogP contribution in [0.3, 0.4) is 0 Å². The molecular weight excluding hydrogens is 432 g/mol. The van der Waals surface area contributed by atoms with Gasteiger partial charge in [0.05, 0.1) is 22.5 Å². The minimum absolute atomic E-state index is 0.0588. The number of thioether (sulfide) groups is 1. The molecule has 132 valence electrons. The lowest BCUT2D eigenvalue weighted by atomic mass is 10.3. The van der Waals surface area contributed by atoms with Gasteiger partial charge in [0.2, 0.25) is 5.91 Å². The molecule has 7 heteroatoms. The highest BCUT2D eigenvalue weighted by Crippen LogP contribution is 2.28. The van der Waals surface area contributed by atoms with Crippen molar-refractivity contribution < 1.29 is 9.53 Å². The van der Waals surface area contributed by atoms with E-state index in [1.165, 1.54) is 11.8 Å². The molecule has 3 rings (SSSR count). The minimum atomic E-state index is -0.0588. The van der Waals surface area contributed by atoms with E-state index in [1.54, 1.807) is 11.3 Å². The number of hydrogen-bond acceptors (Lipinski definition) is 5. The second-order valence-corrected chi connectivity index (χ2v) is 8.28. The molecule has 0 bridgehead atoms. The SMILES string of the molecule is O=C(CSc1nc2ccccc2s1)NCC#CCOc1cccc(Br)c1. The number of aromatic nitrogens is 1. The lowest BCUT2D eigenvalue weighted by Crippen LogP contribution is -2.25. The summed E-state index contributed by atoms with van der Waals surface area (Å²) in [6.07, 6.45) is 0. The van der Waals surface area contributed by atoms with Crippen LogP contribution < -0.4 is 10.1 Å². The Morgan fingerprint density at radius 3 is 2.96 bits per heavy atom. The van der Waals surface area contributed by atoms with Gasteiger partial charge in [-0.1, -0.05) is 57.7 Å². The van der Waals surface area contributed by atoms with Crippen molar-refractivity contribution in [2.75, 3.05) is 18.9 Å². The van der Waals surface area contributed by atoms with Crippen molar-refractivity contribution in [1.82, 2.24) is 10.3 Å². The summed E-state index contributed by atoms with van der Waals surface area (Å²) in [7, 11) is 0. The first-order chi connectivity index (χ1) is 12.7. The van der Waals surface area contributed by atoms with Gasteiger partial charge in [-0.05, 0) is 30.3 Å². The van der Waals surface area contributed by atoms with Gasteiger partial charge >= 0.3 is 0 Å². The fourth-order valence-corrected chi connectivity index (χ4v) is 4.30. The van der Waals surface area contributed by atoms with Gasteiger partial charge in [-0.3, -0.25) is 4.79 Å². The number of ether oxygens (including phenoxy) is 1. The second kappa shape index (κ2) is 9.62. The third-order valence-corrected chi connectivity index (χ3v) is 5.88. The Bertz CT molecular complexity index is 930. The minimum Gasteiger partial charge on any atom is -0.481 e. The molecule has 0 aliphatic carbocycles. The number of hydrogen-bond donors (Lipinski definition) is 1. The van der Waals surface area contributed by atoms with Crippen LogP contribution in [-0.4, -0.2) is 29.8 Å². The summed E-state index contributed by atoms with van der Waals surface area (Å²) in [6, 6.07) is 15.5. The zero-order valence-electron chi connectivity index (χ0n) is 13.7. The molecule has 0 saturated heterocycles. The van der Waals surface area contributed by atoms with Crippen molar-refractivity contribution in [3.05, 3.63) is 53.0 Å². The number of carbonyl (C=O) groups is 1. The van der Waals surface area contributed by atoms with E-state index >= 15 is 0 Å². The topological polar surface area (TPSA) is 51.2 Å². The van der Waals surface area contributed by atoms with Gasteiger partial charge in [0.1, 0.15) is 12.4 Å². The highest BCUT2D eigenvalue weighted by Gasteiger charge is 2.06. The number of amides is 1. The van der Waals surface area contributed by atoms with Crippen molar-refractivity contribution in [3.8, 4) is 17.6 Å². The third kappa shape index (κ3) is 5.77. The molecule has 0 radical (unpaired) electrons. The first-order valence-electron chi connectivity index (χ1n) is 7.80. The first kappa shape index (κ1) is 18.8. The summed E-state index contributed by atoms with van der Waals surface area (Å²) in [5.41, 5.74) is 0.969. The van der Waals surface area contributed by atoms with Crippen molar-refractivity contribution in [1.29, 1.82) is 0 Å². The highest BCUT2D eigenvalue weighted by atomic mass is 79.9. The largest absolute Gasteiger partial charge is 0.481 e. The molecule has 0 saturated carbocycles. The molecule has 0 unspecified atom stereocenters. The monoisotopic (exact) mass is 446 g/mol. The molecule has 2 aromatic carbocycles.